The predicted octanol–water partition coefficient (Wildman–Crippen LogP) is 4.15. The fourth-order valence-electron chi connectivity index (χ4n) is 7.72. The van der Waals surface area contributed by atoms with E-state index >= 15 is 0 Å². The van der Waals surface area contributed by atoms with Crippen LogP contribution in [0, 0.1) is 23.2 Å². The average Bonchev–Trinajstić information content (AvgIpc) is 3.63. The molecule has 1 aromatic carbocycles. The van der Waals surface area contributed by atoms with Crippen LogP contribution >= 0.6 is 11.6 Å². The summed E-state index contributed by atoms with van der Waals surface area (Å²) in [4.78, 5) is 74.9. The van der Waals surface area contributed by atoms with Gasteiger partial charge >= 0.3 is 0 Å². The topological polar surface area (TPSA) is 146 Å². The average molecular weight is 684 g/mol. The number of Topliss-reactive ketones (excluding diaryl/α,β-unsaturated/α-hetero) is 1. The number of amides is 4. The van der Waals surface area contributed by atoms with Gasteiger partial charge in [-0.1, -0.05) is 95.1 Å². The molecule has 0 bridgehead atoms. The predicted molar refractivity (Wildman–Crippen MR) is 182 cm³/mol. The molecule has 0 aromatic heterocycles. The Bertz CT molecular complexity index is 1450. The summed E-state index contributed by atoms with van der Waals surface area (Å²) < 4.78 is 0. The summed E-state index contributed by atoms with van der Waals surface area (Å²) in [6.45, 7) is 7.60. The van der Waals surface area contributed by atoms with Gasteiger partial charge in [-0.05, 0) is 42.2 Å². The lowest BCUT2D eigenvalue weighted by Crippen LogP contribution is -2.59. The molecule has 48 heavy (non-hydrogen) atoms. The number of nitrogens with zero attached hydrogens (tertiary/aromatic N) is 2. The van der Waals surface area contributed by atoms with Gasteiger partial charge in [0.15, 0.2) is 5.60 Å². The van der Waals surface area contributed by atoms with Crippen molar-refractivity contribution in [2.75, 3.05) is 13.6 Å². The second-order valence-corrected chi connectivity index (χ2v) is 15.6. The van der Waals surface area contributed by atoms with Crippen molar-refractivity contribution >= 4 is 46.7 Å². The van der Waals surface area contributed by atoms with Crippen molar-refractivity contribution in [1.29, 1.82) is 0 Å². The second-order valence-electron chi connectivity index (χ2n) is 15.2. The van der Waals surface area contributed by atoms with Crippen LogP contribution in [0.4, 0.5) is 0 Å². The Morgan fingerprint density at radius 1 is 1.08 bits per heavy atom. The molecule has 1 aromatic rings. The summed E-state index contributed by atoms with van der Waals surface area (Å²) in [7, 11) is 1.36. The first-order chi connectivity index (χ1) is 22.8. The van der Waals surface area contributed by atoms with Crippen LogP contribution in [0.25, 0.3) is 0 Å². The first-order valence-electron chi connectivity index (χ1n) is 17.4. The van der Waals surface area contributed by atoms with E-state index in [-0.39, 0.29) is 31.2 Å². The summed E-state index contributed by atoms with van der Waals surface area (Å²) in [5.41, 5.74) is -0.249. The van der Waals surface area contributed by atoms with Crippen LogP contribution in [0.15, 0.2) is 29.4 Å². The summed E-state index contributed by atoms with van der Waals surface area (Å²) in [5, 5.41) is 13.1. The number of likely N-dealkylation sites (tertiary alicyclic amines) is 1. The Balaban J connectivity index is 1.38. The van der Waals surface area contributed by atoms with E-state index in [0.717, 1.165) is 24.8 Å². The molecule has 262 valence electrons. The summed E-state index contributed by atoms with van der Waals surface area (Å²) in [6, 6.07) is 4.26. The van der Waals surface area contributed by atoms with Gasteiger partial charge in [-0.2, -0.15) is 0 Å². The number of hydrogen-bond donors (Lipinski definition) is 3. The van der Waals surface area contributed by atoms with Gasteiger partial charge in [-0.15, -0.1) is 0 Å². The van der Waals surface area contributed by atoms with E-state index in [1.807, 2.05) is 39.8 Å². The number of oxime groups is 1. The lowest BCUT2D eigenvalue weighted by molar-refractivity contribution is -0.145. The number of likely N-dealkylation sites (N-methyl/N-ethyl adjacent to an activating group) is 1. The molecule has 11 nitrogen and oxygen atoms in total. The molecule has 1 saturated heterocycles. The molecule has 12 heteroatoms. The monoisotopic (exact) mass is 683 g/mol. The summed E-state index contributed by atoms with van der Waals surface area (Å²) in [6.07, 6.45) is 8.06. The van der Waals surface area contributed by atoms with Gasteiger partial charge in [-0.25, -0.2) is 0 Å². The third-order valence-electron chi connectivity index (χ3n) is 10.5. The third kappa shape index (κ3) is 7.87. The van der Waals surface area contributed by atoms with Gasteiger partial charge in [-0.3, -0.25) is 24.0 Å². The smallest absolute Gasteiger partial charge is 0.289 e. The van der Waals surface area contributed by atoms with Crippen molar-refractivity contribution in [3.63, 3.8) is 0 Å². The molecular weight excluding hydrogens is 634 g/mol. The summed E-state index contributed by atoms with van der Waals surface area (Å²) in [5.74, 6) is -1.81. The Labute approximate surface area is 288 Å². The van der Waals surface area contributed by atoms with Crippen LogP contribution < -0.4 is 16.0 Å². The number of hydrogen-bond acceptors (Lipinski definition) is 7. The van der Waals surface area contributed by atoms with E-state index in [0.29, 0.717) is 35.4 Å². The minimum atomic E-state index is -1.05. The fraction of sp³-hybridized carbons (Fsp3) is 0.667. The van der Waals surface area contributed by atoms with E-state index in [1.165, 1.54) is 31.2 Å². The standard InChI is InChI=1S/C36H50ClN5O6/c1-6-11-26(29(43)33(46)38-5)39-32(45)28-19-36(18-27(41-48-36)22-14-10-15-23(37)16-22)20-42(28)34(47)30(35(2,3)4)40-31(44)25-17-24(25)21-12-8-7-9-13-21/h10,14-16,21,24-26,28,30H,6-9,11-13,17-20H2,1-5H3,(H,38,46)(H,39,45)(H,40,44)/t24-,25-,26+,28+,30-,36-/m1/s1. The highest BCUT2D eigenvalue weighted by Gasteiger charge is 2.56. The molecule has 2 saturated carbocycles. The molecule has 2 aliphatic heterocycles. The normalized spacial score (nSPS) is 26.7. The first-order valence-corrected chi connectivity index (χ1v) is 17.8. The van der Waals surface area contributed by atoms with Crippen LogP contribution in [0.5, 0.6) is 0 Å². The van der Waals surface area contributed by atoms with Crippen molar-refractivity contribution in [3.8, 4) is 0 Å². The maximum absolute atomic E-state index is 14.6. The molecule has 2 aliphatic carbocycles. The van der Waals surface area contributed by atoms with Crippen LogP contribution in [-0.4, -0.2) is 77.3 Å². The molecule has 0 radical (unpaired) electrons. The van der Waals surface area contributed by atoms with E-state index in [1.54, 1.807) is 12.1 Å². The van der Waals surface area contributed by atoms with Crippen LogP contribution in [0.3, 0.4) is 0 Å². The van der Waals surface area contributed by atoms with E-state index in [4.69, 9.17) is 16.4 Å². The first kappa shape index (κ1) is 35.8. The van der Waals surface area contributed by atoms with Gasteiger partial charge in [0, 0.05) is 36.4 Å². The maximum atomic E-state index is 14.6. The van der Waals surface area contributed by atoms with Crippen LogP contribution in [0.1, 0.15) is 97.5 Å². The fourth-order valence-corrected chi connectivity index (χ4v) is 7.91. The van der Waals surface area contributed by atoms with Crippen molar-refractivity contribution in [3.05, 3.63) is 34.9 Å². The molecular formula is C36H50ClN5O6. The molecule has 3 N–H and O–H groups in total. The SMILES string of the molecule is CCC[C@H](NC(=O)[C@@H]1C[C@]2(CC(c3cccc(Cl)c3)=NO2)CN1C(=O)[C@@H](NC(=O)[C@@H]1C[C@@H]1C1CCCCC1)C(C)(C)C)C(=O)C(=O)NC. The van der Waals surface area contributed by atoms with Gasteiger partial charge < -0.3 is 25.7 Å². The highest BCUT2D eigenvalue weighted by molar-refractivity contribution is 6.38. The molecule has 3 fully saturated rings. The minimum Gasteiger partial charge on any atom is -0.387 e. The number of nitrogens with one attached hydrogen (secondary N) is 3. The number of ketones is 1. The number of benzene rings is 1. The van der Waals surface area contributed by atoms with E-state index in [9.17, 15) is 24.0 Å². The van der Waals surface area contributed by atoms with Crippen LogP contribution in [-0.2, 0) is 28.8 Å². The Kier molecular flexibility index (Phi) is 10.9. The number of carbonyl (C=O) groups is 5. The molecule has 2 heterocycles. The zero-order valence-corrected chi connectivity index (χ0v) is 29.5. The second kappa shape index (κ2) is 14.6. The Morgan fingerprint density at radius 2 is 1.81 bits per heavy atom. The van der Waals surface area contributed by atoms with E-state index < -0.39 is 52.6 Å². The molecule has 1 spiro atoms. The maximum Gasteiger partial charge on any atom is 0.289 e. The van der Waals surface area contributed by atoms with Gasteiger partial charge in [0.1, 0.15) is 12.1 Å². The van der Waals surface area contributed by atoms with E-state index in [2.05, 4.69) is 21.1 Å². The van der Waals surface area contributed by atoms with Gasteiger partial charge in [0.25, 0.3) is 5.91 Å². The zero-order valence-electron chi connectivity index (χ0n) is 28.8. The summed E-state index contributed by atoms with van der Waals surface area (Å²) >= 11 is 6.24. The number of halogens is 1. The molecule has 4 aliphatic rings. The van der Waals surface area contributed by atoms with Gasteiger partial charge in [0.05, 0.1) is 18.3 Å². The van der Waals surface area contributed by atoms with Crippen molar-refractivity contribution in [2.45, 2.75) is 116 Å². The molecule has 0 unspecified atom stereocenters. The van der Waals surface area contributed by atoms with Gasteiger partial charge in [0.2, 0.25) is 23.5 Å². The zero-order chi connectivity index (χ0) is 34.8. The lowest BCUT2D eigenvalue weighted by atomic mass is 9.84. The molecule has 6 atom stereocenters. The Morgan fingerprint density at radius 3 is 2.46 bits per heavy atom. The molecule has 4 amide bonds. The quantitative estimate of drug-likeness (QED) is 0.299. The lowest BCUT2D eigenvalue weighted by Gasteiger charge is -2.36. The highest BCUT2D eigenvalue weighted by Crippen LogP contribution is 2.49. The number of rotatable bonds is 11. The van der Waals surface area contributed by atoms with Crippen molar-refractivity contribution in [1.82, 2.24) is 20.9 Å². The minimum absolute atomic E-state index is 0.0515. The van der Waals surface area contributed by atoms with Crippen molar-refractivity contribution in [2.24, 2.45) is 28.3 Å². The highest BCUT2D eigenvalue weighted by atomic mass is 35.5. The Hall–Kier alpha value is -3.47. The molecule has 5 rings (SSSR count). The number of carbonyl (C=O) groups excluding carboxylic acids is 5. The van der Waals surface area contributed by atoms with Crippen LogP contribution in [0.2, 0.25) is 5.02 Å². The van der Waals surface area contributed by atoms with Crippen molar-refractivity contribution < 1.29 is 28.8 Å². The largest absolute Gasteiger partial charge is 0.387 e. The third-order valence-corrected chi connectivity index (χ3v) is 10.7.